The molecule has 0 spiro atoms. The highest BCUT2D eigenvalue weighted by atomic mass is 79.9. The van der Waals surface area contributed by atoms with Crippen LogP contribution < -0.4 is 4.74 Å². The van der Waals surface area contributed by atoms with Crippen LogP contribution in [0.15, 0.2) is 36.4 Å². The van der Waals surface area contributed by atoms with Crippen LogP contribution in [0.2, 0.25) is 0 Å². The van der Waals surface area contributed by atoms with Gasteiger partial charge in [0.15, 0.2) is 0 Å². The van der Waals surface area contributed by atoms with Crippen LogP contribution in [0.4, 0.5) is 8.78 Å². The van der Waals surface area contributed by atoms with Crippen molar-refractivity contribution in [1.29, 1.82) is 0 Å². The first-order chi connectivity index (χ1) is 9.11. The SMILES string of the molecule is Cc1ccc(OCc2c(F)cccc2F)c(CBr)c1. The zero-order valence-electron chi connectivity index (χ0n) is 10.4. The Morgan fingerprint density at radius 1 is 1.11 bits per heavy atom. The maximum atomic E-state index is 13.5. The summed E-state index contributed by atoms with van der Waals surface area (Å²) in [6.45, 7) is 1.86. The molecule has 19 heavy (non-hydrogen) atoms. The molecule has 0 atom stereocenters. The lowest BCUT2D eigenvalue weighted by Crippen LogP contribution is -2.03. The van der Waals surface area contributed by atoms with E-state index in [4.69, 9.17) is 4.74 Å². The van der Waals surface area contributed by atoms with E-state index in [-0.39, 0.29) is 12.2 Å². The Morgan fingerprint density at radius 3 is 2.42 bits per heavy atom. The van der Waals surface area contributed by atoms with Crippen molar-refractivity contribution in [3.05, 3.63) is 64.7 Å². The minimum atomic E-state index is -0.590. The van der Waals surface area contributed by atoms with Crippen LogP contribution in [0.3, 0.4) is 0 Å². The van der Waals surface area contributed by atoms with Crippen LogP contribution in [-0.4, -0.2) is 0 Å². The van der Waals surface area contributed by atoms with E-state index < -0.39 is 11.6 Å². The molecule has 0 aromatic heterocycles. The molecule has 0 N–H and O–H groups in total. The molecule has 0 radical (unpaired) electrons. The van der Waals surface area contributed by atoms with Crippen molar-refractivity contribution in [2.45, 2.75) is 18.9 Å². The maximum Gasteiger partial charge on any atom is 0.132 e. The summed E-state index contributed by atoms with van der Waals surface area (Å²) in [5, 5.41) is 0.629. The highest BCUT2D eigenvalue weighted by molar-refractivity contribution is 9.08. The standard InChI is InChI=1S/C15H13BrF2O/c1-10-5-6-15(11(7-10)8-16)19-9-12-13(17)3-2-4-14(12)18/h2-7H,8-9H2,1H3. The van der Waals surface area contributed by atoms with Gasteiger partial charge < -0.3 is 4.74 Å². The maximum absolute atomic E-state index is 13.5. The van der Waals surface area contributed by atoms with Crippen molar-refractivity contribution < 1.29 is 13.5 Å². The number of benzene rings is 2. The van der Waals surface area contributed by atoms with Crippen molar-refractivity contribution in [3.8, 4) is 5.75 Å². The average Bonchev–Trinajstić information content (AvgIpc) is 2.39. The minimum absolute atomic E-state index is 0.0522. The molecule has 0 unspecified atom stereocenters. The Kier molecular flexibility index (Phi) is 4.53. The van der Waals surface area contributed by atoms with Crippen molar-refractivity contribution >= 4 is 15.9 Å². The molecular weight excluding hydrogens is 314 g/mol. The zero-order valence-corrected chi connectivity index (χ0v) is 12.0. The van der Waals surface area contributed by atoms with Crippen LogP contribution in [0.1, 0.15) is 16.7 Å². The van der Waals surface area contributed by atoms with Gasteiger partial charge in [0.05, 0.1) is 5.56 Å². The molecule has 2 aromatic carbocycles. The van der Waals surface area contributed by atoms with Crippen molar-refractivity contribution in [2.75, 3.05) is 0 Å². The molecule has 0 fully saturated rings. The number of alkyl halides is 1. The molecular formula is C15H13BrF2O. The Balaban J connectivity index is 2.19. The fourth-order valence-corrected chi connectivity index (χ4v) is 2.21. The highest BCUT2D eigenvalue weighted by Gasteiger charge is 2.10. The smallest absolute Gasteiger partial charge is 0.132 e. The third kappa shape index (κ3) is 3.32. The van der Waals surface area contributed by atoms with Gasteiger partial charge in [-0.2, -0.15) is 0 Å². The second-order valence-electron chi connectivity index (χ2n) is 4.23. The molecule has 0 heterocycles. The fraction of sp³-hybridized carbons (Fsp3) is 0.200. The van der Waals surface area contributed by atoms with Crippen molar-refractivity contribution in [2.24, 2.45) is 0 Å². The lowest BCUT2D eigenvalue weighted by Gasteiger charge is -2.11. The number of rotatable bonds is 4. The molecule has 0 aliphatic heterocycles. The Hall–Kier alpha value is -1.42. The summed E-state index contributed by atoms with van der Waals surface area (Å²) in [6.07, 6.45) is 0. The van der Waals surface area contributed by atoms with Gasteiger partial charge >= 0.3 is 0 Å². The Morgan fingerprint density at radius 2 is 1.79 bits per heavy atom. The van der Waals surface area contributed by atoms with E-state index in [1.165, 1.54) is 18.2 Å². The highest BCUT2D eigenvalue weighted by Crippen LogP contribution is 2.24. The second kappa shape index (κ2) is 6.15. The van der Waals surface area contributed by atoms with E-state index in [0.29, 0.717) is 11.1 Å². The summed E-state index contributed by atoms with van der Waals surface area (Å²) in [4.78, 5) is 0. The number of hydrogen-bond acceptors (Lipinski definition) is 1. The number of halogens is 3. The first-order valence-electron chi connectivity index (χ1n) is 5.83. The summed E-state index contributed by atoms with van der Waals surface area (Å²) in [5.41, 5.74) is 2.01. The van der Waals surface area contributed by atoms with Crippen LogP contribution >= 0.6 is 15.9 Å². The molecule has 1 nitrogen and oxygen atoms in total. The molecule has 0 bridgehead atoms. The van der Waals surface area contributed by atoms with Crippen LogP contribution in [0.25, 0.3) is 0 Å². The monoisotopic (exact) mass is 326 g/mol. The quantitative estimate of drug-likeness (QED) is 0.737. The lowest BCUT2D eigenvalue weighted by atomic mass is 10.1. The molecule has 0 aliphatic carbocycles. The Bertz CT molecular complexity index is 564. The van der Waals surface area contributed by atoms with Crippen LogP contribution in [0.5, 0.6) is 5.75 Å². The van der Waals surface area contributed by atoms with E-state index in [9.17, 15) is 8.78 Å². The first kappa shape index (κ1) is 14.0. The third-order valence-electron chi connectivity index (χ3n) is 2.79. The van der Waals surface area contributed by atoms with Gasteiger partial charge in [0.2, 0.25) is 0 Å². The summed E-state index contributed by atoms with van der Waals surface area (Å²) in [7, 11) is 0. The molecule has 0 amide bonds. The van der Waals surface area contributed by atoms with Gasteiger partial charge in [-0.1, -0.05) is 39.7 Å². The van der Waals surface area contributed by atoms with E-state index in [0.717, 1.165) is 11.1 Å². The molecule has 0 aliphatic rings. The third-order valence-corrected chi connectivity index (χ3v) is 3.40. The molecule has 2 rings (SSSR count). The van der Waals surface area contributed by atoms with Gasteiger partial charge in [0.1, 0.15) is 24.0 Å². The van der Waals surface area contributed by atoms with E-state index in [1.807, 2.05) is 25.1 Å². The molecule has 0 saturated heterocycles. The molecule has 4 heteroatoms. The average molecular weight is 327 g/mol. The van der Waals surface area contributed by atoms with Crippen LogP contribution in [-0.2, 0) is 11.9 Å². The Labute approximate surface area is 119 Å². The molecule has 2 aromatic rings. The topological polar surface area (TPSA) is 9.23 Å². The second-order valence-corrected chi connectivity index (χ2v) is 4.79. The van der Waals surface area contributed by atoms with E-state index in [2.05, 4.69) is 15.9 Å². The fourth-order valence-electron chi connectivity index (χ4n) is 1.77. The zero-order chi connectivity index (χ0) is 13.8. The van der Waals surface area contributed by atoms with Gasteiger partial charge in [-0.05, 0) is 25.1 Å². The predicted octanol–water partition coefficient (Wildman–Crippen LogP) is 4.75. The predicted molar refractivity (Wildman–Crippen MR) is 74.5 cm³/mol. The van der Waals surface area contributed by atoms with Gasteiger partial charge in [-0.3, -0.25) is 0 Å². The summed E-state index contributed by atoms with van der Waals surface area (Å²) in [6, 6.07) is 9.47. The molecule has 100 valence electrons. The van der Waals surface area contributed by atoms with Gasteiger partial charge in [-0.15, -0.1) is 0 Å². The van der Waals surface area contributed by atoms with Crippen molar-refractivity contribution in [3.63, 3.8) is 0 Å². The number of aryl methyl sites for hydroxylation is 1. The first-order valence-corrected chi connectivity index (χ1v) is 6.95. The van der Waals surface area contributed by atoms with E-state index >= 15 is 0 Å². The van der Waals surface area contributed by atoms with E-state index in [1.54, 1.807) is 0 Å². The van der Waals surface area contributed by atoms with Crippen LogP contribution in [0, 0.1) is 18.6 Å². The van der Waals surface area contributed by atoms with Gasteiger partial charge in [0.25, 0.3) is 0 Å². The lowest BCUT2D eigenvalue weighted by molar-refractivity contribution is 0.290. The summed E-state index contributed by atoms with van der Waals surface area (Å²) >= 11 is 3.37. The normalized spacial score (nSPS) is 10.5. The largest absolute Gasteiger partial charge is 0.488 e. The minimum Gasteiger partial charge on any atom is -0.488 e. The summed E-state index contributed by atoms with van der Waals surface area (Å²) in [5.74, 6) is -0.551. The van der Waals surface area contributed by atoms with Gasteiger partial charge in [-0.25, -0.2) is 8.78 Å². The van der Waals surface area contributed by atoms with Crippen molar-refractivity contribution in [1.82, 2.24) is 0 Å². The molecule has 0 saturated carbocycles. The number of ether oxygens (including phenoxy) is 1. The van der Waals surface area contributed by atoms with Gasteiger partial charge in [0, 0.05) is 10.9 Å². The summed E-state index contributed by atoms with van der Waals surface area (Å²) < 4.78 is 32.5. The number of hydrogen-bond donors (Lipinski definition) is 0.